The Labute approximate surface area is 121 Å². The van der Waals surface area contributed by atoms with Gasteiger partial charge in [-0.15, -0.1) is 0 Å². The fraction of sp³-hybridized carbons (Fsp3) is 0.500. The van der Waals surface area contributed by atoms with Gasteiger partial charge in [-0.1, -0.05) is 6.92 Å². The van der Waals surface area contributed by atoms with Crippen molar-refractivity contribution in [1.82, 2.24) is 14.0 Å². The maximum Gasteiger partial charge on any atom is 0.336 e. The number of ether oxygens (including phenoxy) is 2. The van der Waals surface area contributed by atoms with Gasteiger partial charge in [0.25, 0.3) is 0 Å². The Morgan fingerprint density at radius 3 is 3.10 bits per heavy atom. The van der Waals surface area contributed by atoms with Crippen LogP contribution >= 0.6 is 0 Å². The lowest BCUT2D eigenvalue weighted by Crippen LogP contribution is -2.29. The van der Waals surface area contributed by atoms with E-state index < -0.39 is 0 Å². The molecule has 1 saturated heterocycles. The highest BCUT2D eigenvalue weighted by molar-refractivity contribution is 5.65. The summed E-state index contributed by atoms with van der Waals surface area (Å²) in [7, 11) is 0. The third-order valence-electron chi connectivity index (χ3n) is 3.78. The van der Waals surface area contributed by atoms with E-state index in [0.29, 0.717) is 12.1 Å². The van der Waals surface area contributed by atoms with E-state index in [1.165, 1.54) is 11.3 Å². The highest BCUT2D eigenvalue weighted by atomic mass is 16.6. The maximum atomic E-state index is 12.4. The second-order valence-corrected chi connectivity index (χ2v) is 5.31. The summed E-state index contributed by atoms with van der Waals surface area (Å²) >= 11 is 0. The molecule has 2 aromatic heterocycles. The zero-order valence-corrected chi connectivity index (χ0v) is 11.9. The average molecular weight is 291 g/mol. The molecular formula is C14H17N3O4. The number of hydrogen-bond acceptors (Lipinski definition) is 5. The molecule has 2 aromatic rings. The van der Waals surface area contributed by atoms with Crippen LogP contribution < -0.4 is 5.69 Å². The van der Waals surface area contributed by atoms with Crippen molar-refractivity contribution in [3.63, 3.8) is 0 Å². The zero-order valence-electron chi connectivity index (χ0n) is 11.9. The molecule has 0 bridgehead atoms. The van der Waals surface area contributed by atoms with Crippen LogP contribution in [-0.2, 0) is 14.3 Å². The minimum absolute atomic E-state index is 0.185. The molecule has 1 aliphatic heterocycles. The van der Waals surface area contributed by atoms with Gasteiger partial charge in [-0.2, -0.15) is 0 Å². The van der Waals surface area contributed by atoms with E-state index in [9.17, 15) is 9.59 Å². The number of hydrogen-bond donors (Lipinski definition) is 0. The van der Waals surface area contributed by atoms with Gasteiger partial charge in [0.05, 0.1) is 6.10 Å². The zero-order chi connectivity index (χ0) is 15.0. The van der Waals surface area contributed by atoms with E-state index >= 15 is 0 Å². The van der Waals surface area contributed by atoms with Crippen molar-refractivity contribution >= 4 is 11.6 Å². The molecule has 0 amide bonds. The lowest BCUT2D eigenvalue weighted by molar-refractivity contribution is -0.146. The summed E-state index contributed by atoms with van der Waals surface area (Å²) in [5, 5.41) is 0. The molecule has 3 atom stereocenters. The van der Waals surface area contributed by atoms with Gasteiger partial charge in [-0.05, 0) is 18.4 Å². The van der Waals surface area contributed by atoms with Crippen molar-refractivity contribution in [2.45, 2.75) is 32.6 Å². The van der Waals surface area contributed by atoms with Crippen LogP contribution in [0.25, 0.3) is 5.65 Å². The van der Waals surface area contributed by atoms with E-state index in [2.05, 4.69) is 4.98 Å². The van der Waals surface area contributed by atoms with Gasteiger partial charge in [0, 0.05) is 25.5 Å². The molecule has 1 aliphatic rings. The van der Waals surface area contributed by atoms with Gasteiger partial charge in [-0.3, -0.25) is 13.8 Å². The lowest BCUT2D eigenvalue weighted by Gasteiger charge is -2.16. The van der Waals surface area contributed by atoms with Crippen LogP contribution in [0.1, 0.15) is 26.5 Å². The van der Waals surface area contributed by atoms with Crippen LogP contribution in [0, 0.1) is 5.92 Å². The number of nitrogens with zero attached hydrogens (tertiary/aromatic N) is 3. The lowest BCUT2D eigenvalue weighted by atomic mass is 10.0. The Kier molecular flexibility index (Phi) is 3.50. The molecule has 0 aliphatic carbocycles. The summed E-state index contributed by atoms with van der Waals surface area (Å²) in [5.41, 5.74) is 0.425. The minimum atomic E-state index is -0.347. The number of rotatable bonds is 3. The van der Waals surface area contributed by atoms with Gasteiger partial charge in [-0.25, -0.2) is 9.78 Å². The first-order chi connectivity index (χ1) is 10.1. The summed E-state index contributed by atoms with van der Waals surface area (Å²) in [6.07, 6.45) is 5.07. The van der Waals surface area contributed by atoms with Crippen LogP contribution in [0.15, 0.2) is 29.5 Å². The number of esters is 1. The molecule has 7 heteroatoms. The number of imidazole rings is 1. The van der Waals surface area contributed by atoms with Crippen LogP contribution in [0.3, 0.4) is 0 Å². The molecule has 21 heavy (non-hydrogen) atoms. The Morgan fingerprint density at radius 1 is 1.52 bits per heavy atom. The van der Waals surface area contributed by atoms with E-state index in [1.807, 2.05) is 6.92 Å². The van der Waals surface area contributed by atoms with Gasteiger partial charge < -0.3 is 9.47 Å². The first-order valence-corrected chi connectivity index (χ1v) is 6.89. The Balaban J connectivity index is 1.82. The molecule has 1 fully saturated rings. The number of fused-ring (bicyclic) bond motifs is 1. The molecule has 1 unspecified atom stereocenters. The summed E-state index contributed by atoms with van der Waals surface area (Å²) in [6.45, 7) is 3.61. The van der Waals surface area contributed by atoms with Gasteiger partial charge in [0.1, 0.15) is 18.5 Å². The second kappa shape index (κ2) is 5.33. The van der Waals surface area contributed by atoms with Gasteiger partial charge in [0.2, 0.25) is 0 Å². The standard InChI is InChI=1S/C14H17N3O4/c1-9-7-13(21-11(9)8-20-10(2)18)17-5-3-12-15-4-6-16(12)14(17)19/h3-6,9,11,13H,7-8H2,1-2H3/t9?,11-,13-/m1/s1. The summed E-state index contributed by atoms with van der Waals surface area (Å²) in [6, 6.07) is 1.77. The van der Waals surface area contributed by atoms with E-state index in [1.54, 1.807) is 29.2 Å². The second-order valence-electron chi connectivity index (χ2n) is 5.31. The maximum absolute atomic E-state index is 12.4. The predicted octanol–water partition coefficient (Wildman–Crippen LogP) is 0.983. The first kappa shape index (κ1) is 13.8. The highest BCUT2D eigenvalue weighted by Gasteiger charge is 2.34. The molecule has 3 rings (SSSR count). The SMILES string of the molecule is CC(=O)OC[C@H]1O[C@@H](n2ccc3nccn3c2=O)CC1C. The molecule has 0 saturated carbocycles. The van der Waals surface area contributed by atoms with Crippen LogP contribution in [0.4, 0.5) is 0 Å². The van der Waals surface area contributed by atoms with Gasteiger partial charge >= 0.3 is 11.7 Å². The van der Waals surface area contributed by atoms with E-state index in [-0.39, 0.29) is 36.5 Å². The van der Waals surface area contributed by atoms with Crippen molar-refractivity contribution in [1.29, 1.82) is 0 Å². The largest absolute Gasteiger partial charge is 0.463 e. The van der Waals surface area contributed by atoms with Crippen molar-refractivity contribution < 1.29 is 14.3 Å². The third-order valence-corrected chi connectivity index (χ3v) is 3.78. The van der Waals surface area contributed by atoms with Crippen LogP contribution in [0.5, 0.6) is 0 Å². The first-order valence-electron chi connectivity index (χ1n) is 6.89. The molecule has 112 valence electrons. The Bertz CT molecular complexity index is 720. The Hall–Kier alpha value is -2.15. The van der Waals surface area contributed by atoms with Crippen molar-refractivity contribution in [2.75, 3.05) is 6.61 Å². The fourth-order valence-corrected chi connectivity index (χ4v) is 2.60. The molecule has 0 radical (unpaired) electrons. The van der Waals surface area contributed by atoms with Crippen molar-refractivity contribution in [2.24, 2.45) is 5.92 Å². The summed E-state index contributed by atoms with van der Waals surface area (Å²) in [4.78, 5) is 27.3. The minimum Gasteiger partial charge on any atom is -0.463 e. The van der Waals surface area contributed by atoms with Crippen LogP contribution in [-0.4, -0.2) is 32.6 Å². The molecular weight excluding hydrogens is 274 g/mol. The molecule has 3 heterocycles. The third kappa shape index (κ3) is 2.56. The normalized spacial score (nSPS) is 25.3. The quantitative estimate of drug-likeness (QED) is 0.788. The van der Waals surface area contributed by atoms with Crippen LogP contribution in [0.2, 0.25) is 0 Å². The van der Waals surface area contributed by atoms with Crippen molar-refractivity contribution in [3.8, 4) is 0 Å². The van der Waals surface area contributed by atoms with Gasteiger partial charge in [0.15, 0.2) is 0 Å². The average Bonchev–Trinajstić information content (AvgIpc) is 3.04. The highest BCUT2D eigenvalue weighted by Crippen LogP contribution is 2.32. The van der Waals surface area contributed by atoms with E-state index in [4.69, 9.17) is 9.47 Å². The number of aromatic nitrogens is 3. The Morgan fingerprint density at radius 2 is 2.33 bits per heavy atom. The summed E-state index contributed by atoms with van der Waals surface area (Å²) in [5.74, 6) is -0.119. The molecule has 0 spiro atoms. The number of carbonyl (C=O) groups excluding carboxylic acids is 1. The summed E-state index contributed by atoms with van der Waals surface area (Å²) < 4.78 is 13.9. The molecule has 7 nitrogen and oxygen atoms in total. The van der Waals surface area contributed by atoms with E-state index in [0.717, 1.165) is 0 Å². The predicted molar refractivity (Wildman–Crippen MR) is 73.8 cm³/mol. The number of carbonyl (C=O) groups is 1. The molecule has 0 N–H and O–H groups in total. The fourth-order valence-electron chi connectivity index (χ4n) is 2.60. The smallest absolute Gasteiger partial charge is 0.336 e. The monoisotopic (exact) mass is 291 g/mol. The topological polar surface area (TPSA) is 74.8 Å². The van der Waals surface area contributed by atoms with Crippen molar-refractivity contribution in [3.05, 3.63) is 35.1 Å². The molecule has 0 aromatic carbocycles.